The minimum atomic E-state index is -0.822. The van der Waals surface area contributed by atoms with Crippen LogP contribution >= 0.6 is 0 Å². The van der Waals surface area contributed by atoms with Crippen LogP contribution in [0.2, 0.25) is 0 Å². The summed E-state index contributed by atoms with van der Waals surface area (Å²) in [4.78, 5) is 0. The lowest BCUT2D eigenvalue weighted by Crippen LogP contribution is -2.34. The van der Waals surface area contributed by atoms with Gasteiger partial charge >= 0.3 is 0 Å². The van der Waals surface area contributed by atoms with Gasteiger partial charge in [-0.2, -0.15) is 0 Å². The molecule has 0 amide bonds. The summed E-state index contributed by atoms with van der Waals surface area (Å²) in [5.41, 5.74) is 0. The molecule has 4 heteroatoms. The van der Waals surface area contributed by atoms with E-state index in [0.29, 0.717) is 6.54 Å². The number of rotatable bonds is 5. The summed E-state index contributed by atoms with van der Waals surface area (Å²) in [6, 6.07) is 0. The molecule has 0 rings (SSSR count). The second kappa shape index (κ2) is 5.61. The smallest absolute Gasteiger partial charge is 0.0833 e. The van der Waals surface area contributed by atoms with Crippen LogP contribution in [-0.4, -0.2) is 48.2 Å². The molecule has 0 aliphatic carbocycles. The van der Waals surface area contributed by atoms with E-state index in [1.54, 1.807) is 7.05 Å². The molecule has 0 saturated carbocycles. The molecule has 4 nitrogen and oxygen atoms in total. The molecule has 0 heterocycles. The van der Waals surface area contributed by atoms with Gasteiger partial charge in [-0.25, -0.2) is 0 Å². The number of aliphatic hydroxyl groups is 3. The first kappa shape index (κ1) is 9.84. The molecular formula is C6H15NO3. The Morgan fingerprint density at radius 3 is 2.20 bits per heavy atom. The van der Waals surface area contributed by atoms with Crippen molar-refractivity contribution in [1.82, 2.24) is 5.32 Å². The molecule has 0 aromatic heterocycles. The lowest BCUT2D eigenvalue weighted by Gasteiger charge is -2.17. The predicted octanol–water partition coefficient (Wildman–Crippen LogP) is -1.83. The van der Waals surface area contributed by atoms with Gasteiger partial charge in [-0.05, 0) is 7.05 Å². The van der Waals surface area contributed by atoms with Crippen molar-refractivity contribution in [3.63, 3.8) is 0 Å². The Labute approximate surface area is 60.5 Å². The molecule has 4 N–H and O–H groups in total. The van der Waals surface area contributed by atoms with Gasteiger partial charge in [0.1, 0.15) is 0 Å². The zero-order valence-electron chi connectivity index (χ0n) is 6.12. The highest BCUT2D eigenvalue weighted by Gasteiger charge is 2.15. The third-order valence-corrected chi connectivity index (χ3v) is 1.43. The summed E-state index contributed by atoms with van der Waals surface area (Å²) in [5, 5.41) is 28.9. The topological polar surface area (TPSA) is 72.7 Å². The zero-order valence-corrected chi connectivity index (χ0v) is 6.12. The van der Waals surface area contributed by atoms with E-state index in [4.69, 9.17) is 15.3 Å². The van der Waals surface area contributed by atoms with Crippen LogP contribution in [0, 0.1) is 5.92 Å². The second-order valence-corrected chi connectivity index (χ2v) is 2.25. The van der Waals surface area contributed by atoms with Gasteiger partial charge in [-0.15, -0.1) is 0 Å². The number of hydrogen-bond donors (Lipinski definition) is 4. The zero-order chi connectivity index (χ0) is 7.98. The number of hydrogen-bond acceptors (Lipinski definition) is 4. The summed E-state index contributed by atoms with van der Waals surface area (Å²) in [6.07, 6.45) is -0.822. The Balaban J connectivity index is 3.56. The van der Waals surface area contributed by atoms with E-state index in [-0.39, 0.29) is 19.1 Å². The average molecular weight is 149 g/mol. The summed E-state index contributed by atoms with van der Waals surface area (Å²) in [5.74, 6) is -0.269. The molecular weight excluding hydrogens is 134 g/mol. The van der Waals surface area contributed by atoms with Crippen molar-refractivity contribution in [2.24, 2.45) is 5.92 Å². The molecule has 10 heavy (non-hydrogen) atoms. The van der Waals surface area contributed by atoms with Crippen molar-refractivity contribution in [3.05, 3.63) is 0 Å². The molecule has 0 saturated heterocycles. The fourth-order valence-electron chi connectivity index (χ4n) is 0.734. The van der Waals surface area contributed by atoms with Gasteiger partial charge in [0.2, 0.25) is 0 Å². The Morgan fingerprint density at radius 2 is 1.90 bits per heavy atom. The van der Waals surface area contributed by atoms with Crippen LogP contribution in [0.5, 0.6) is 0 Å². The van der Waals surface area contributed by atoms with Crippen molar-refractivity contribution < 1.29 is 15.3 Å². The molecule has 0 aromatic rings. The van der Waals surface area contributed by atoms with E-state index < -0.39 is 6.10 Å². The largest absolute Gasteiger partial charge is 0.396 e. The first-order valence-corrected chi connectivity index (χ1v) is 3.30. The molecule has 62 valence electrons. The van der Waals surface area contributed by atoms with Gasteiger partial charge in [0.25, 0.3) is 0 Å². The second-order valence-electron chi connectivity index (χ2n) is 2.25. The lowest BCUT2D eigenvalue weighted by atomic mass is 10.0. The van der Waals surface area contributed by atoms with Crippen LogP contribution in [0.3, 0.4) is 0 Å². The molecule has 2 atom stereocenters. The fourth-order valence-corrected chi connectivity index (χ4v) is 0.734. The fraction of sp³-hybridized carbons (Fsp3) is 1.00. The lowest BCUT2D eigenvalue weighted by molar-refractivity contribution is 0.0236. The van der Waals surface area contributed by atoms with Gasteiger partial charge in [0, 0.05) is 19.1 Å². The SMILES string of the molecule is CNCC(CO)[C@@H](O)CO. The van der Waals surface area contributed by atoms with Gasteiger partial charge in [0.15, 0.2) is 0 Å². The van der Waals surface area contributed by atoms with Crippen LogP contribution in [-0.2, 0) is 0 Å². The first-order chi connectivity index (χ1) is 4.76. The highest BCUT2D eigenvalue weighted by molar-refractivity contribution is 4.68. The van der Waals surface area contributed by atoms with Crippen molar-refractivity contribution >= 4 is 0 Å². The minimum Gasteiger partial charge on any atom is -0.396 e. The first-order valence-electron chi connectivity index (χ1n) is 3.30. The van der Waals surface area contributed by atoms with Crippen molar-refractivity contribution in [1.29, 1.82) is 0 Å². The maximum atomic E-state index is 9.00. The van der Waals surface area contributed by atoms with Gasteiger partial charge < -0.3 is 20.6 Å². The van der Waals surface area contributed by atoms with Crippen LogP contribution < -0.4 is 5.32 Å². The van der Waals surface area contributed by atoms with E-state index in [0.717, 1.165) is 0 Å². The van der Waals surface area contributed by atoms with E-state index in [2.05, 4.69) is 5.32 Å². The molecule has 0 aromatic carbocycles. The van der Waals surface area contributed by atoms with Gasteiger partial charge in [-0.3, -0.25) is 0 Å². The Kier molecular flexibility index (Phi) is 5.52. The van der Waals surface area contributed by atoms with E-state index in [9.17, 15) is 0 Å². The van der Waals surface area contributed by atoms with E-state index in [1.165, 1.54) is 0 Å². The average Bonchev–Trinajstić information content (AvgIpc) is 1.99. The van der Waals surface area contributed by atoms with E-state index >= 15 is 0 Å². The minimum absolute atomic E-state index is 0.109. The molecule has 1 unspecified atom stereocenters. The van der Waals surface area contributed by atoms with Crippen molar-refractivity contribution in [2.45, 2.75) is 6.10 Å². The summed E-state index contributed by atoms with van der Waals surface area (Å²) in [6.45, 7) is 0.105. The standard InChI is InChI=1S/C6H15NO3/c1-7-2-5(3-8)6(10)4-9/h5-10H,2-4H2,1H3/t5?,6-/m0/s1. The molecule has 0 aliphatic rings. The maximum Gasteiger partial charge on any atom is 0.0833 e. The van der Waals surface area contributed by atoms with Gasteiger partial charge in [0.05, 0.1) is 12.7 Å². The quantitative estimate of drug-likeness (QED) is 0.371. The van der Waals surface area contributed by atoms with E-state index in [1.807, 2.05) is 0 Å². The predicted molar refractivity (Wildman–Crippen MR) is 37.6 cm³/mol. The highest BCUT2D eigenvalue weighted by Crippen LogP contribution is 1.99. The number of nitrogens with one attached hydrogen (secondary N) is 1. The molecule has 0 radical (unpaired) electrons. The highest BCUT2D eigenvalue weighted by atomic mass is 16.3. The van der Waals surface area contributed by atoms with Crippen molar-refractivity contribution in [2.75, 3.05) is 26.8 Å². The number of aliphatic hydroxyl groups excluding tert-OH is 3. The van der Waals surface area contributed by atoms with Gasteiger partial charge in [-0.1, -0.05) is 0 Å². The normalized spacial score (nSPS) is 16.8. The van der Waals surface area contributed by atoms with Crippen LogP contribution in [0.4, 0.5) is 0 Å². The summed E-state index contributed by atoms with van der Waals surface area (Å²) >= 11 is 0. The summed E-state index contributed by atoms with van der Waals surface area (Å²) < 4.78 is 0. The van der Waals surface area contributed by atoms with Crippen LogP contribution in [0.15, 0.2) is 0 Å². The Hall–Kier alpha value is -0.160. The maximum absolute atomic E-state index is 9.00. The summed E-state index contributed by atoms with van der Waals surface area (Å²) in [7, 11) is 1.73. The third-order valence-electron chi connectivity index (χ3n) is 1.43. The Bertz CT molecular complexity index is 79.4. The van der Waals surface area contributed by atoms with Crippen LogP contribution in [0.1, 0.15) is 0 Å². The molecule has 0 fully saturated rings. The van der Waals surface area contributed by atoms with Crippen molar-refractivity contribution in [3.8, 4) is 0 Å². The molecule has 0 aliphatic heterocycles. The van der Waals surface area contributed by atoms with Crippen LogP contribution in [0.25, 0.3) is 0 Å². The molecule has 0 spiro atoms. The molecule has 0 bridgehead atoms. The third kappa shape index (κ3) is 3.12. The monoisotopic (exact) mass is 149 g/mol. The Morgan fingerprint density at radius 1 is 1.30 bits per heavy atom.